The Morgan fingerprint density at radius 1 is 0.857 bits per heavy atom. The number of rotatable bonds is 7. The van der Waals surface area contributed by atoms with Crippen molar-refractivity contribution < 1.29 is 0 Å². The van der Waals surface area contributed by atoms with Crippen LogP contribution in [0.25, 0.3) is 0 Å². The van der Waals surface area contributed by atoms with Crippen LogP contribution < -0.4 is 5.32 Å². The van der Waals surface area contributed by atoms with E-state index in [1.165, 1.54) is 22.3 Å². The molecule has 4 rings (SSSR count). The summed E-state index contributed by atoms with van der Waals surface area (Å²) in [5, 5.41) is 4.48. The van der Waals surface area contributed by atoms with Crippen LogP contribution in [0, 0.1) is 0 Å². The average molecular weight is 391 g/mol. The molecule has 0 saturated carbocycles. The SMILES string of the molecule is Clc1ccccc1CC1Cc2ccccc2CN1CCNCc1ccccc1. The average Bonchev–Trinajstić information content (AvgIpc) is 2.74. The van der Waals surface area contributed by atoms with Crippen molar-refractivity contribution in [1.29, 1.82) is 0 Å². The molecule has 1 unspecified atom stereocenters. The van der Waals surface area contributed by atoms with Crippen molar-refractivity contribution in [2.75, 3.05) is 13.1 Å². The van der Waals surface area contributed by atoms with Crippen LogP contribution >= 0.6 is 11.6 Å². The lowest BCUT2D eigenvalue weighted by molar-refractivity contribution is 0.170. The molecule has 2 nitrogen and oxygen atoms in total. The van der Waals surface area contributed by atoms with Gasteiger partial charge in [0, 0.05) is 37.2 Å². The van der Waals surface area contributed by atoms with Gasteiger partial charge in [0.2, 0.25) is 0 Å². The molecule has 0 bridgehead atoms. The number of fused-ring (bicyclic) bond motifs is 1. The summed E-state index contributed by atoms with van der Waals surface area (Å²) in [7, 11) is 0. The zero-order valence-corrected chi connectivity index (χ0v) is 16.9. The fraction of sp³-hybridized carbons (Fsp3) is 0.280. The summed E-state index contributed by atoms with van der Waals surface area (Å²) in [6.07, 6.45) is 2.08. The molecule has 0 saturated heterocycles. The maximum Gasteiger partial charge on any atom is 0.0438 e. The molecular weight excluding hydrogens is 364 g/mol. The molecule has 3 heteroatoms. The Morgan fingerprint density at radius 2 is 1.57 bits per heavy atom. The second kappa shape index (κ2) is 9.38. The molecule has 3 aromatic rings. The van der Waals surface area contributed by atoms with Crippen molar-refractivity contribution in [3.05, 3.63) is 106 Å². The van der Waals surface area contributed by atoms with Gasteiger partial charge in [0.1, 0.15) is 0 Å². The monoisotopic (exact) mass is 390 g/mol. The number of nitrogens with one attached hydrogen (secondary N) is 1. The van der Waals surface area contributed by atoms with E-state index in [0.29, 0.717) is 6.04 Å². The lowest BCUT2D eigenvalue weighted by Gasteiger charge is -2.37. The quantitative estimate of drug-likeness (QED) is 0.564. The van der Waals surface area contributed by atoms with Gasteiger partial charge in [-0.05, 0) is 41.2 Å². The van der Waals surface area contributed by atoms with Crippen molar-refractivity contribution in [1.82, 2.24) is 10.2 Å². The van der Waals surface area contributed by atoms with Crippen molar-refractivity contribution in [3.63, 3.8) is 0 Å². The van der Waals surface area contributed by atoms with Gasteiger partial charge in [0.05, 0.1) is 0 Å². The molecule has 1 aliphatic rings. The van der Waals surface area contributed by atoms with Crippen molar-refractivity contribution in [3.8, 4) is 0 Å². The van der Waals surface area contributed by atoms with E-state index in [1.54, 1.807) is 0 Å². The van der Waals surface area contributed by atoms with Gasteiger partial charge >= 0.3 is 0 Å². The summed E-state index contributed by atoms with van der Waals surface area (Å²) in [6, 6.07) is 28.2. The minimum Gasteiger partial charge on any atom is -0.311 e. The fourth-order valence-corrected chi connectivity index (χ4v) is 4.29. The largest absolute Gasteiger partial charge is 0.311 e. The van der Waals surface area contributed by atoms with E-state index in [2.05, 4.69) is 76.9 Å². The summed E-state index contributed by atoms with van der Waals surface area (Å²) >= 11 is 6.46. The second-order valence-electron chi connectivity index (χ2n) is 7.56. The molecule has 28 heavy (non-hydrogen) atoms. The fourth-order valence-electron chi connectivity index (χ4n) is 4.07. The van der Waals surface area contributed by atoms with Crippen LogP contribution in [-0.4, -0.2) is 24.0 Å². The smallest absolute Gasteiger partial charge is 0.0438 e. The predicted molar refractivity (Wildman–Crippen MR) is 118 cm³/mol. The third-order valence-corrected chi connectivity index (χ3v) is 5.99. The van der Waals surface area contributed by atoms with E-state index < -0.39 is 0 Å². The number of halogens is 1. The molecule has 0 amide bonds. The zero-order valence-electron chi connectivity index (χ0n) is 16.2. The Kier molecular flexibility index (Phi) is 6.43. The summed E-state index contributed by atoms with van der Waals surface area (Å²) < 4.78 is 0. The van der Waals surface area contributed by atoms with Gasteiger partial charge in [-0.1, -0.05) is 84.4 Å². The highest BCUT2D eigenvalue weighted by atomic mass is 35.5. The Hall–Kier alpha value is -2.13. The van der Waals surface area contributed by atoms with Gasteiger partial charge in [-0.15, -0.1) is 0 Å². The molecule has 0 radical (unpaired) electrons. The van der Waals surface area contributed by atoms with E-state index in [4.69, 9.17) is 11.6 Å². The van der Waals surface area contributed by atoms with Gasteiger partial charge in [-0.2, -0.15) is 0 Å². The molecule has 0 aliphatic carbocycles. The minimum atomic E-state index is 0.480. The molecule has 3 aromatic carbocycles. The minimum absolute atomic E-state index is 0.480. The summed E-state index contributed by atoms with van der Waals surface area (Å²) in [6.45, 7) is 3.95. The van der Waals surface area contributed by atoms with Crippen LogP contribution in [0.1, 0.15) is 22.3 Å². The highest BCUT2D eigenvalue weighted by Gasteiger charge is 2.26. The van der Waals surface area contributed by atoms with Crippen LogP contribution in [0.4, 0.5) is 0 Å². The molecule has 1 heterocycles. The van der Waals surface area contributed by atoms with Crippen LogP contribution in [0.3, 0.4) is 0 Å². The third-order valence-electron chi connectivity index (χ3n) is 5.62. The maximum atomic E-state index is 6.46. The highest BCUT2D eigenvalue weighted by Crippen LogP contribution is 2.27. The van der Waals surface area contributed by atoms with E-state index in [1.807, 2.05) is 12.1 Å². The van der Waals surface area contributed by atoms with Gasteiger partial charge in [0.25, 0.3) is 0 Å². The molecule has 1 N–H and O–H groups in total. The van der Waals surface area contributed by atoms with Crippen LogP contribution in [-0.2, 0) is 25.9 Å². The normalized spacial score (nSPS) is 16.7. The first-order chi connectivity index (χ1) is 13.8. The number of benzene rings is 3. The maximum absolute atomic E-state index is 6.46. The number of hydrogen-bond donors (Lipinski definition) is 1. The lowest BCUT2D eigenvalue weighted by atomic mass is 9.90. The first-order valence-corrected chi connectivity index (χ1v) is 10.5. The molecule has 1 aliphatic heterocycles. The molecule has 0 aromatic heterocycles. The van der Waals surface area contributed by atoms with E-state index in [-0.39, 0.29) is 0 Å². The Labute approximate surface area is 173 Å². The van der Waals surface area contributed by atoms with Crippen LogP contribution in [0.2, 0.25) is 5.02 Å². The first-order valence-electron chi connectivity index (χ1n) is 10.1. The van der Waals surface area contributed by atoms with Gasteiger partial charge in [-0.3, -0.25) is 4.90 Å². The van der Waals surface area contributed by atoms with E-state index >= 15 is 0 Å². The van der Waals surface area contributed by atoms with Crippen molar-refractivity contribution in [2.45, 2.75) is 32.0 Å². The zero-order chi connectivity index (χ0) is 19.2. The van der Waals surface area contributed by atoms with Gasteiger partial charge in [-0.25, -0.2) is 0 Å². The van der Waals surface area contributed by atoms with E-state index in [0.717, 1.165) is 44.0 Å². The summed E-state index contributed by atoms with van der Waals surface area (Å²) in [4.78, 5) is 2.61. The highest BCUT2D eigenvalue weighted by molar-refractivity contribution is 6.31. The van der Waals surface area contributed by atoms with E-state index in [9.17, 15) is 0 Å². The van der Waals surface area contributed by atoms with Crippen LogP contribution in [0.15, 0.2) is 78.9 Å². The summed E-state index contributed by atoms with van der Waals surface area (Å²) in [5.41, 5.74) is 5.52. The molecule has 1 atom stereocenters. The molecular formula is C25H27ClN2. The Balaban J connectivity index is 1.42. The predicted octanol–water partition coefficient (Wildman–Crippen LogP) is 5.10. The van der Waals surface area contributed by atoms with Crippen molar-refractivity contribution in [2.24, 2.45) is 0 Å². The summed E-state index contributed by atoms with van der Waals surface area (Å²) in [5.74, 6) is 0. The molecule has 0 fully saturated rings. The van der Waals surface area contributed by atoms with Gasteiger partial charge < -0.3 is 5.32 Å². The first kappa shape index (κ1) is 19.2. The Morgan fingerprint density at radius 3 is 2.39 bits per heavy atom. The van der Waals surface area contributed by atoms with Gasteiger partial charge in [0.15, 0.2) is 0 Å². The second-order valence-corrected chi connectivity index (χ2v) is 7.96. The van der Waals surface area contributed by atoms with Crippen molar-refractivity contribution >= 4 is 11.6 Å². The lowest BCUT2D eigenvalue weighted by Crippen LogP contribution is -2.44. The number of nitrogens with zero attached hydrogens (tertiary/aromatic N) is 1. The standard InChI is InChI=1S/C25H27ClN2/c26-25-13-7-6-11-22(25)17-24-16-21-10-4-5-12-23(21)19-28(24)15-14-27-18-20-8-2-1-3-9-20/h1-13,24,27H,14-19H2. The molecule has 0 spiro atoms. The molecule has 144 valence electrons. The number of hydrogen-bond acceptors (Lipinski definition) is 2. The van der Waals surface area contributed by atoms with Crippen LogP contribution in [0.5, 0.6) is 0 Å². The Bertz CT molecular complexity index is 894. The topological polar surface area (TPSA) is 15.3 Å². The third kappa shape index (κ3) is 4.82.